The number of methoxy groups -OCH3 is 1. The Morgan fingerprint density at radius 1 is 1.44 bits per heavy atom. The van der Waals surface area contributed by atoms with Crippen LogP contribution in [-0.2, 0) is 21.3 Å². The number of carbonyl (C=O) groups is 2. The van der Waals surface area contributed by atoms with Gasteiger partial charge in [0.05, 0.1) is 12.7 Å². The zero-order valence-corrected chi connectivity index (χ0v) is 10.6. The first-order chi connectivity index (χ1) is 7.74. The van der Waals surface area contributed by atoms with Gasteiger partial charge in [-0.15, -0.1) is 0 Å². The summed E-state index contributed by atoms with van der Waals surface area (Å²) in [6.07, 6.45) is 1.83. The number of aldehydes is 1. The summed E-state index contributed by atoms with van der Waals surface area (Å²) in [7, 11) is 1.36. The van der Waals surface area contributed by atoms with Crippen LogP contribution in [0.4, 0.5) is 0 Å². The van der Waals surface area contributed by atoms with E-state index in [4.69, 9.17) is 4.74 Å². The van der Waals surface area contributed by atoms with E-state index in [1.54, 1.807) is 0 Å². The Kier molecular flexibility index (Phi) is 5.19. The summed E-state index contributed by atoms with van der Waals surface area (Å²) in [6, 6.07) is 5.59. The van der Waals surface area contributed by atoms with E-state index in [2.05, 4.69) is 15.9 Å². The Morgan fingerprint density at radius 3 is 2.69 bits per heavy atom. The van der Waals surface area contributed by atoms with Crippen molar-refractivity contribution in [2.24, 2.45) is 0 Å². The molecule has 0 heterocycles. The number of benzene rings is 1. The van der Waals surface area contributed by atoms with Crippen LogP contribution in [0.2, 0.25) is 0 Å². The van der Waals surface area contributed by atoms with E-state index in [-0.39, 0.29) is 5.97 Å². The summed E-state index contributed by atoms with van der Waals surface area (Å²) >= 11 is 3.33. The standard InChI is InChI=1S/C12H13BrO3/c1-16-12(15)11-9(6-3-7-14)4-2-5-10(11)8-13/h2,4-5,7H,3,6,8H2,1H3. The second kappa shape index (κ2) is 6.43. The van der Waals surface area contributed by atoms with Crippen molar-refractivity contribution in [1.82, 2.24) is 0 Å². The van der Waals surface area contributed by atoms with Crippen LogP contribution < -0.4 is 0 Å². The summed E-state index contributed by atoms with van der Waals surface area (Å²) in [5.41, 5.74) is 2.31. The molecule has 3 nitrogen and oxygen atoms in total. The van der Waals surface area contributed by atoms with E-state index in [0.717, 1.165) is 17.4 Å². The van der Waals surface area contributed by atoms with Crippen molar-refractivity contribution in [2.45, 2.75) is 18.2 Å². The molecule has 0 fully saturated rings. The molecule has 0 aliphatic rings. The molecule has 86 valence electrons. The van der Waals surface area contributed by atoms with Gasteiger partial charge in [-0.2, -0.15) is 0 Å². The lowest BCUT2D eigenvalue weighted by Crippen LogP contribution is -2.09. The molecule has 0 aliphatic heterocycles. The quantitative estimate of drug-likeness (QED) is 0.474. The minimum atomic E-state index is -0.351. The smallest absolute Gasteiger partial charge is 0.338 e. The van der Waals surface area contributed by atoms with Crippen LogP contribution in [0.25, 0.3) is 0 Å². The maximum Gasteiger partial charge on any atom is 0.338 e. The van der Waals surface area contributed by atoms with E-state index in [0.29, 0.717) is 23.7 Å². The topological polar surface area (TPSA) is 43.4 Å². The third-order valence-corrected chi connectivity index (χ3v) is 2.91. The van der Waals surface area contributed by atoms with Gasteiger partial charge in [-0.3, -0.25) is 0 Å². The molecule has 0 N–H and O–H groups in total. The molecule has 0 aromatic heterocycles. The van der Waals surface area contributed by atoms with Crippen molar-refractivity contribution in [1.29, 1.82) is 0 Å². The van der Waals surface area contributed by atoms with Gasteiger partial charge < -0.3 is 9.53 Å². The lowest BCUT2D eigenvalue weighted by Gasteiger charge is -2.10. The first-order valence-corrected chi connectivity index (χ1v) is 6.05. The Morgan fingerprint density at radius 2 is 2.12 bits per heavy atom. The minimum absolute atomic E-state index is 0.351. The Labute approximate surface area is 103 Å². The van der Waals surface area contributed by atoms with Crippen LogP contribution in [0.5, 0.6) is 0 Å². The summed E-state index contributed by atoms with van der Waals surface area (Å²) in [5.74, 6) is -0.351. The third-order valence-electron chi connectivity index (χ3n) is 2.30. The molecule has 0 spiro atoms. The average Bonchev–Trinajstić information content (AvgIpc) is 2.34. The molecule has 0 atom stereocenters. The lowest BCUT2D eigenvalue weighted by atomic mass is 9.99. The molecule has 0 bridgehead atoms. The van der Waals surface area contributed by atoms with Crippen molar-refractivity contribution >= 4 is 28.2 Å². The highest BCUT2D eigenvalue weighted by Gasteiger charge is 2.15. The van der Waals surface area contributed by atoms with Crippen LogP contribution in [0.1, 0.15) is 27.9 Å². The van der Waals surface area contributed by atoms with Crippen LogP contribution in [0.15, 0.2) is 18.2 Å². The Hall–Kier alpha value is -1.16. The SMILES string of the molecule is COC(=O)c1c(CBr)cccc1CCC=O. The van der Waals surface area contributed by atoms with Crippen LogP contribution in [0, 0.1) is 0 Å². The van der Waals surface area contributed by atoms with Gasteiger partial charge in [-0.1, -0.05) is 34.1 Å². The van der Waals surface area contributed by atoms with Gasteiger partial charge >= 0.3 is 5.97 Å². The molecule has 1 rings (SSSR count). The van der Waals surface area contributed by atoms with E-state index in [1.807, 2.05) is 18.2 Å². The zero-order valence-electron chi connectivity index (χ0n) is 9.03. The largest absolute Gasteiger partial charge is 0.465 e. The summed E-state index contributed by atoms with van der Waals surface area (Å²) in [6.45, 7) is 0. The second-order valence-electron chi connectivity index (χ2n) is 3.28. The maximum absolute atomic E-state index is 11.6. The third kappa shape index (κ3) is 2.92. The van der Waals surface area contributed by atoms with Crippen LogP contribution >= 0.6 is 15.9 Å². The van der Waals surface area contributed by atoms with E-state index < -0.39 is 0 Å². The highest BCUT2D eigenvalue weighted by Crippen LogP contribution is 2.19. The van der Waals surface area contributed by atoms with Crippen LogP contribution in [0.3, 0.4) is 0 Å². The number of carbonyl (C=O) groups excluding carboxylic acids is 2. The van der Waals surface area contributed by atoms with E-state index in [1.165, 1.54) is 7.11 Å². The van der Waals surface area contributed by atoms with Gasteiger partial charge in [0.15, 0.2) is 0 Å². The number of halogens is 1. The minimum Gasteiger partial charge on any atom is -0.465 e. The number of hydrogen-bond donors (Lipinski definition) is 0. The number of rotatable bonds is 5. The fourth-order valence-electron chi connectivity index (χ4n) is 1.55. The normalized spacial score (nSPS) is 9.88. The summed E-state index contributed by atoms with van der Waals surface area (Å²) in [5, 5.41) is 0.590. The Bertz CT molecular complexity index is 388. The number of alkyl halides is 1. The fourth-order valence-corrected chi connectivity index (χ4v) is 2.02. The summed E-state index contributed by atoms with van der Waals surface area (Å²) < 4.78 is 4.75. The predicted molar refractivity (Wildman–Crippen MR) is 64.8 cm³/mol. The summed E-state index contributed by atoms with van der Waals surface area (Å²) in [4.78, 5) is 22.0. The first kappa shape index (κ1) is 12.9. The van der Waals surface area contributed by atoms with Crippen molar-refractivity contribution < 1.29 is 14.3 Å². The van der Waals surface area contributed by atoms with Gasteiger partial charge in [-0.25, -0.2) is 4.79 Å². The van der Waals surface area contributed by atoms with Gasteiger partial charge in [0.25, 0.3) is 0 Å². The molecule has 0 amide bonds. The van der Waals surface area contributed by atoms with Crippen molar-refractivity contribution in [3.8, 4) is 0 Å². The maximum atomic E-state index is 11.6. The molecule has 1 aromatic rings. The number of hydrogen-bond acceptors (Lipinski definition) is 3. The van der Waals surface area contributed by atoms with Gasteiger partial charge in [0.2, 0.25) is 0 Å². The first-order valence-electron chi connectivity index (χ1n) is 4.93. The molecule has 0 radical (unpaired) electrons. The molecule has 0 saturated carbocycles. The molecule has 0 saturated heterocycles. The molecular weight excluding hydrogens is 272 g/mol. The van der Waals surface area contributed by atoms with E-state index >= 15 is 0 Å². The number of aryl methyl sites for hydroxylation is 1. The molecule has 16 heavy (non-hydrogen) atoms. The van der Waals surface area contributed by atoms with Crippen molar-refractivity contribution in [3.05, 3.63) is 34.9 Å². The fraction of sp³-hybridized carbons (Fsp3) is 0.333. The second-order valence-corrected chi connectivity index (χ2v) is 3.84. The van der Waals surface area contributed by atoms with Gasteiger partial charge in [0.1, 0.15) is 6.29 Å². The highest BCUT2D eigenvalue weighted by molar-refractivity contribution is 9.08. The average molecular weight is 285 g/mol. The zero-order chi connectivity index (χ0) is 12.0. The lowest BCUT2D eigenvalue weighted by molar-refractivity contribution is -0.107. The Balaban J connectivity index is 3.14. The van der Waals surface area contributed by atoms with Crippen LogP contribution in [-0.4, -0.2) is 19.4 Å². The van der Waals surface area contributed by atoms with Gasteiger partial charge in [-0.05, 0) is 17.5 Å². The molecule has 4 heteroatoms. The highest BCUT2D eigenvalue weighted by atomic mass is 79.9. The van der Waals surface area contributed by atoms with E-state index in [9.17, 15) is 9.59 Å². The monoisotopic (exact) mass is 284 g/mol. The molecule has 1 aromatic carbocycles. The molecular formula is C12H13BrO3. The van der Waals surface area contributed by atoms with Crippen molar-refractivity contribution in [2.75, 3.05) is 7.11 Å². The number of esters is 1. The molecule has 0 aliphatic carbocycles. The predicted octanol–water partition coefficient (Wildman–Crippen LogP) is 2.50. The van der Waals surface area contributed by atoms with Crippen molar-refractivity contribution in [3.63, 3.8) is 0 Å². The van der Waals surface area contributed by atoms with Gasteiger partial charge in [0, 0.05) is 11.8 Å². The number of ether oxygens (including phenoxy) is 1. The molecule has 0 unspecified atom stereocenters.